The number of halogens is 1. The van der Waals surface area contributed by atoms with Gasteiger partial charge in [0, 0.05) is 13.0 Å². The van der Waals surface area contributed by atoms with Crippen LogP contribution in [0.1, 0.15) is 25.3 Å². The largest absolute Gasteiger partial charge is 0.481 e. The zero-order chi connectivity index (χ0) is 15.1. The van der Waals surface area contributed by atoms with Gasteiger partial charge in [-0.05, 0) is 53.9 Å². The average Bonchev–Trinajstić information content (AvgIpc) is 2.37. The Morgan fingerprint density at radius 1 is 1.45 bits per heavy atom. The van der Waals surface area contributed by atoms with Gasteiger partial charge < -0.3 is 15.2 Å². The average molecular weight is 344 g/mol. The lowest BCUT2D eigenvalue weighted by atomic mass is 10.2. The van der Waals surface area contributed by atoms with Crippen LogP contribution in [-0.2, 0) is 9.59 Å². The van der Waals surface area contributed by atoms with Crippen LogP contribution in [0.4, 0.5) is 0 Å². The minimum absolute atomic E-state index is 0.0407. The monoisotopic (exact) mass is 343 g/mol. The van der Waals surface area contributed by atoms with E-state index >= 15 is 0 Å². The molecular formula is C14H18BrNO4. The van der Waals surface area contributed by atoms with E-state index in [2.05, 4.69) is 21.2 Å². The molecule has 1 aromatic carbocycles. The summed E-state index contributed by atoms with van der Waals surface area (Å²) in [6.45, 7) is 3.94. The third-order valence-electron chi connectivity index (χ3n) is 2.63. The molecular weight excluding hydrogens is 326 g/mol. The van der Waals surface area contributed by atoms with Gasteiger partial charge in [-0.3, -0.25) is 9.59 Å². The van der Waals surface area contributed by atoms with Crippen molar-refractivity contribution in [2.75, 3.05) is 6.54 Å². The first kappa shape index (κ1) is 16.5. The number of amides is 1. The predicted octanol–water partition coefficient (Wildman–Crippen LogP) is 2.51. The van der Waals surface area contributed by atoms with Gasteiger partial charge in [0.25, 0.3) is 5.91 Å². The first-order valence-electron chi connectivity index (χ1n) is 6.32. The Kier molecular flexibility index (Phi) is 6.51. The molecule has 0 aliphatic rings. The quantitative estimate of drug-likeness (QED) is 0.746. The molecule has 0 aromatic heterocycles. The summed E-state index contributed by atoms with van der Waals surface area (Å²) >= 11 is 3.38. The highest BCUT2D eigenvalue weighted by atomic mass is 79.9. The maximum absolute atomic E-state index is 11.8. The van der Waals surface area contributed by atoms with Crippen LogP contribution < -0.4 is 10.1 Å². The fourth-order valence-corrected chi connectivity index (χ4v) is 2.13. The normalized spacial score (nSPS) is 11.8. The van der Waals surface area contributed by atoms with Crippen molar-refractivity contribution in [1.29, 1.82) is 0 Å². The number of carboxylic acids is 1. The number of aliphatic carboxylic acids is 1. The van der Waals surface area contributed by atoms with Gasteiger partial charge in [-0.25, -0.2) is 0 Å². The summed E-state index contributed by atoms with van der Waals surface area (Å²) in [4.78, 5) is 22.1. The minimum atomic E-state index is -0.868. The number of rotatable bonds is 7. The zero-order valence-electron chi connectivity index (χ0n) is 11.5. The van der Waals surface area contributed by atoms with Crippen LogP contribution in [0.2, 0.25) is 0 Å². The summed E-state index contributed by atoms with van der Waals surface area (Å²) in [5.41, 5.74) is 1.09. The zero-order valence-corrected chi connectivity index (χ0v) is 13.1. The molecule has 0 spiro atoms. The number of hydrogen-bond donors (Lipinski definition) is 2. The fraction of sp³-hybridized carbons (Fsp3) is 0.429. The van der Waals surface area contributed by atoms with Gasteiger partial charge in [-0.15, -0.1) is 0 Å². The Balaban J connectivity index is 2.43. The van der Waals surface area contributed by atoms with E-state index in [9.17, 15) is 9.59 Å². The van der Waals surface area contributed by atoms with E-state index in [1.807, 2.05) is 19.1 Å². The van der Waals surface area contributed by atoms with Crippen LogP contribution in [-0.4, -0.2) is 29.6 Å². The summed E-state index contributed by atoms with van der Waals surface area (Å²) < 4.78 is 6.36. The summed E-state index contributed by atoms with van der Waals surface area (Å²) in [7, 11) is 0. The summed E-state index contributed by atoms with van der Waals surface area (Å²) in [5.74, 6) is -0.529. The number of hydrogen-bond acceptors (Lipinski definition) is 3. The van der Waals surface area contributed by atoms with Gasteiger partial charge in [0.1, 0.15) is 5.75 Å². The molecule has 1 unspecified atom stereocenters. The first-order chi connectivity index (χ1) is 9.40. The van der Waals surface area contributed by atoms with Crippen LogP contribution in [0.5, 0.6) is 5.75 Å². The van der Waals surface area contributed by atoms with Crippen LogP contribution in [0.15, 0.2) is 22.7 Å². The number of benzene rings is 1. The van der Waals surface area contributed by atoms with Crippen LogP contribution >= 0.6 is 15.9 Å². The molecule has 5 nitrogen and oxygen atoms in total. The van der Waals surface area contributed by atoms with Crippen molar-refractivity contribution in [3.05, 3.63) is 28.2 Å². The number of ether oxygens (including phenoxy) is 1. The topological polar surface area (TPSA) is 75.6 Å². The van der Waals surface area contributed by atoms with Gasteiger partial charge in [-0.2, -0.15) is 0 Å². The van der Waals surface area contributed by atoms with E-state index < -0.39 is 12.1 Å². The highest BCUT2D eigenvalue weighted by molar-refractivity contribution is 9.10. The SMILES string of the molecule is Cc1ccc(OC(C)C(=O)NCCCC(=O)O)c(Br)c1. The van der Waals surface area contributed by atoms with Gasteiger partial charge in [0.2, 0.25) is 0 Å². The maximum Gasteiger partial charge on any atom is 0.303 e. The Morgan fingerprint density at radius 3 is 2.75 bits per heavy atom. The summed E-state index contributed by atoms with van der Waals surface area (Å²) in [6, 6.07) is 5.61. The predicted molar refractivity (Wildman–Crippen MR) is 78.8 cm³/mol. The van der Waals surface area contributed by atoms with Crippen LogP contribution in [0.3, 0.4) is 0 Å². The van der Waals surface area contributed by atoms with E-state index in [4.69, 9.17) is 9.84 Å². The standard InChI is InChI=1S/C14H18BrNO4/c1-9-5-6-12(11(15)8-9)20-10(2)14(19)16-7-3-4-13(17)18/h5-6,8,10H,3-4,7H2,1-2H3,(H,16,19)(H,17,18). The molecule has 1 rings (SSSR count). The molecule has 2 N–H and O–H groups in total. The number of nitrogens with one attached hydrogen (secondary N) is 1. The van der Waals surface area contributed by atoms with Crippen molar-refractivity contribution < 1.29 is 19.4 Å². The van der Waals surface area contributed by atoms with Gasteiger partial charge >= 0.3 is 5.97 Å². The molecule has 0 heterocycles. The van der Waals surface area contributed by atoms with Gasteiger partial charge in [-0.1, -0.05) is 6.07 Å². The van der Waals surface area contributed by atoms with Crippen molar-refractivity contribution in [1.82, 2.24) is 5.32 Å². The summed E-state index contributed by atoms with van der Waals surface area (Å²) in [6.07, 6.45) is -0.194. The molecule has 0 radical (unpaired) electrons. The Bertz CT molecular complexity index is 490. The molecule has 0 bridgehead atoms. The minimum Gasteiger partial charge on any atom is -0.481 e. The van der Waals surface area contributed by atoms with Gasteiger partial charge in [0.05, 0.1) is 4.47 Å². The fourth-order valence-electron chi connectivity index (χ4n) is 1.54. The molecule has 0 aliphatic heterocycles. The molecule has 20 heavy (non-hydrogen) atoms. The molecule has 1 atom stereocenters. The second kappa shape index (κ2) is 7.89. The molecule has 1 aromatic rings. The second-order valence-electron chi connectivity index (χ2n) is 4.48. The number of carbonyl (C=O) groups excluding carboxylic acids is 1. The van der Waals surface area contributed by atoms with Crippen molar-refractivity contribution in [2.45, 2.75) is 32.8 Å². The van der Waals surface area contributed by atoms with Crippen LogP contribution in [0.25, 0.3) is 0 Å². The second-order valence-corrected chi connectivity index (χ2v) is 5.34. The molecule has 6 heteroatoms. The van der Waals surface area contributed by atoms with E-state index in [1.165, 1.54) is 0 Å². The van der Waals surface area contributed by atoms with E-state index in [0.29, 0.717) is 18.7 Å². The lowest BCUT2D eigenvalue weighted by molar-refractivity contribution is -0.137. The lowest BCUT2D eigenvalue weighted by Gasteiger charge is -2.15. The third kappa shape index (κ3) is 5.61. The first-order valence-corrected chi connectivity index (χ1v) is 7.11. The van der Waals surface area contributed by atoms with Crippen molar-refractivity contribution in [2.24, 2.45) is 0 Å². The highest BCUT2D eigenvalue weighted by Gasteiger charge is 2.15. The number of carboxylic acid groups (broad SMARTS) is 1. The smallest absolute Gasteiger partial charge is 0.303 e. The molecule has 0 saturated heterocycles. The number of aryl methyl sites for hydroxylation is 1. The highest BCUT2D eigenvalue weighted by Crippen LogP contribution is 2.26. The van der Waals surface area contributed by atoms with Crippen LogP contribution in [0, 0.1) is 6.92 Å². The Morgan fingerprint density at radius 2 is 2.15 bits per heavy atom. The van der Waals surface area contributed by atoms with Crippen molar-refractivity contribution >= 4 is 27.8 Å². The molecule has 0 aliphatic carbocycles. The lowest BCUT2D eigenvalue weighted by Crippen LogP contribution is -2.37. The molecule has 1 amide bonds. The van der Waals surface area contributed by atoms with Gasteiger partial charge in [0.15, 0.2) is 6.10 Å². The number of carbonyl (C=O) groups is 2. The van der Waals surface area contributed by atoms with E-state index in [1.54, 1.807) is 13.0 Å². The Hall–Kier alpha value is -1.56. The molecule has 0 saturated carbocycles. The summed E-state index contributed by atoms with van der Waals surface area (Å²) in [5, 5.41) is 11.1. The molecule has 110 valence electrons. The van der Waals surface area contributed by atoms with Crippen molar-refractivity contribution in [3.8, 4) is 5.75 Å². The van der Waals surface area contributed by atoms with E-state index in [-0.39, 0.29) is 12.3 Å². The molecule has 0 fully saturated rings. The van der Waals surface area contributed by atoms with E-state index in [0.717, 1.165) is 10.0 Å². The Labute approximate surface area is 126 Å². The third-order valence-corrected chi connectivity index (χ3v) is 3.25. The van der Waals surface area contributed by atoms with Crippen molar-refractivity contribution in [3.63, 3.8) is 0 Å². The maximum atomic E-state index is 11.8.